The molecule has 0 aliphatic rings. The first kappa shape index (κ1) is 13.7. The van der Waals surface area contributed by atoms with Crippen LogP contribution in [-0.2, 0) is 12.8 Å². The van der Waals surface area contributed by atoms with E-state index in [1.165, 1.54) is 0 Å². The van der Waals surface area contributed by atoms with Gasteiger partial charge in [-0.25, -0.2) is 4.98 Å². The number of rotatable bonds is 4. The maximum Gasteiger partial charge on any atom is 0.332 e. The molecule has 0 unspecified atom stereocenters. The van der Waals surface area contributed by atoms with Crippen LogP contribution in [0, 0.1) is 17.0 Å². The Morgan fingerprint density at radius 1 is 1.15 bits per heavy atom. The van der Waals surface area contributed by atoms with Crippen molar-refractivity contribution < 1.29 is 4.92 Å². The number of hydrogen-bond donors (Lipinski definition) is 2. The van der Waals surface area contributed by atoms with E-state index < -0.39 is 4.92 Å². The summed E-state index contributed by atoms with van der Waals surface area (Å²) in [5.41, 5.74) is 13.3. The van der Waals surface area contributed by atoms with E-state index in [9.17, 15) is 10.1 Å². The molecule has 0 aliphatic carbocycles. The molecule has 1 aromatic carbocycles. The normalized spacial score (nSPS) is 10.4. The molecule has 1 heterocycles. The Hall–Kier alpha value is -2.70. The summed E-state index contributed by atoms with van der Waals surface area (Å²) in [7, 11) is 0. The lowest BCUT2D eigenvalue weighted by Crippen LogP contribution is -2.09. The Kier molecular flexibility index (Phi) is 3.79. The third kappa shape index (κ3) is 3.00. The van der Waals surface area contributed by atoms with Crippen molar-refractivity contribution in [2.24, 2.45) is 0 Å². The van der Waals surface area contributed by atoms with Crippen molar-refractivity contribution >= 4 is 17.5 Å². The van der Waals surface area contributed by atoms with Crippen LogP contribution in [0.15, 0.2) is 24.3 Å². The van der Waals surface area contributed by atoms with Crippen LogP contribution in [0.25, 0.3) is 0 Å². The first-order chi connectivity index (χ1) is 9.47. The quantitative estimate of drug-likeness (QED) is 0.645. The maximum absolute atomic E-state index is 11.0. The zero-order chi connectivity index (χ0) is 14.7. The maximum atomic E-state index is 11.0. The average Bonchev–Trinajstić information content (AvgIpc) is 2.36. The number of nitrogens with two attached hydrogens (primary N) is 2. The molecule has 0 atom stereocenters. The molecule has 7 nitrogen and oxygen atoms in total. The van der Waals surface area contributed by atoms with Gasteiger partial charge in [-0.2, -0.15) is 4.98 Å². The van der Waals surface area contributed by atoms with Gasteiger partial charge in [0.15, 0.2) is 0 Å². The fraction of sp³-hybridized carbons (Fsp3) is 0.231. The Morgan fingerprint density at radius 3 is 2.40 bits per heavy atom. The molecule has 20 heavy (non-hydrogen) atoms. The Bertz CT molecular complexity index is 640. The number of benzene rings is 1. The van der Waals surface area contributed by atoms with Crippen molar-refractivity contribution in [3.8, 4) is 0 Å². The van der Waals surface area contributed by atoms with Crippen LogP contribution in [0.4, 0.5) is 17.5 Å². The van der Waals surface area contributed by atoms with Crippen LogP contribution in [-0.4, -0.2) is 14.9 Å². The van der Waals surface area contributed by atoms with Crippen LogP contribution in [0.2, 0.25) is 0 Å². The van der Waals surface area contributed by atoms with E-state index in [0.717, 1.165) is 11.1 Å². The van der Waals surface area contributed by atoms with Crippen LogP contribution in [0.5, 0.6) is 0 Å². The monoisotopic (exact) mass is 273 g/mol. The minimum Gasteiger partial charge on any atom is -0.378 e. The lowest BCUT2D eigenvalue weighted by atomic mass is 10.1. The van der Waals surface area contributed by atoms with Gasteiger partial charge in [0.25, 0.3) is 0 Å². The lowest BCUT2D eigenvalue weighted by molar-refractivity contribution is -0.385. The Balaban J connectivity index is 2.24. The van der Waals surface area contributed by atoms with Crippen molar-refractivity contribution in [1.29, 1.82) is 0 Å². The fourth-order valence-corrected chi connectivity index (χ4v) is 1.93. The number of anilines is 2. The lowest BCUT2D eigenvalue weighted by Gasteiger charge is -2.05. The van der Waals surface area contributed by atoms with Gasteiger partial charge in [-0.3, -0.25) is 10.1 Å². The number of nitro groups is 1. The topological polar surface area (TPSA) is 121 Å². The molecule has 0 spiro atoms. The summed E-state index contributed by atoms with van der Waals surface area (Å²) in [6, 6.07) is 7.95. The molecule has 1 aromatic heterocycles. The van der Waals surface area contributed by atoms with E-state index in [1.807, 2.05) is 31.2 Å². The molecule has 2 aromatic rings. The van der Waals surface area contributed by atoms with Crippen LogP contribution < -0.4 is 11.5 Å². The van der Waals surface area contributed by atoms with Crippen molar-refractivity contribution in [2.75, 3.05) is 11.5 Å². The van der Waals surface area contributed by atoms with Crippen LogP contribution >= 0.6 is 0 Å². The molecule has 2 rings (SSSR count). The summed E-state index contributed by atoms with van der Waals surface area (Å²) in [4.78, 5) is 18.0. The molecule has 4 N–H and O–H groups in total. The number of nitrogens with zero attached hydrogens (tertiary/aromatic N) is 3. The van der Waals surface area contributed by atoms with Gasteiger partial charge < -0.3 is 11.5 Å². The number of nitrogen functional groups attached to an aromatic ring is 2. The minimum atomic E-state index is -0.570. The second-order valence-corrected chi connectivity index (χ2v) is 4.51. The fourth-order valence-electron chi connectivity index (χ4n) is 1.93. The molecule has 0 fully saturated rings. The molecule has 0 saturated heterocycles. The van der Waals surface area contributed by atoms with Crippen molar-refractivity contribution in [2.45, 2.75) is 19.8 Å². The number of aromatic nitrogens is 2. The summed E-state index contributed by atoms with van der Waals surface area (Å²) in [6.45, 7) is 2.00. The van der Waals surface area contributed by atoms with E-state index in [0.29, 0.717) is 12.8 Å². The molecular weight excluding hydrogens is 258 g/mol. The molecule has 0 radical (unpaired) electrons. The van der Waals surface area contributed by atoms with E-state index in [4.69, 9.17) is 11.5 Å². The van der Waals surface area contributed by atoms with E-state index in [-0.39, 0.29) is 23.1 Å². The van der Waals surface area contributed by atoms with Crippen molar-refractivity contribution in [3.05, 3.63) is 51.2 Å². The van der Waals surface area contributed by atoms with Gasteiger partial charge in [0.2, 0.25) is 11.8 Å². The molecule has 0 amide bonds. The minimum absolute atomic E-state index is 0.0491. The summed E-state index contributed by atoms with van der Waals surface area (Å²) in [5.74, 6) is -0.242. The molecule has 0 bridgehead atoms. The van der Waals surface area contributed by atoms with Crippen LogP contribution in [0.3, 0.4) is 0 Å². The molecule has 0 aliphatic heterocycles. The highest BCUT2D eigenvalue weighted by atomic mass is 16.6. The van der Waals surface area contributed by atoms with Crippen LogP contribution in [0.1, 0.15) is 16.8 Å². The molecule has 7 heteroatoms. The first-order valence-corrected chi connectivity index (χ1v) is 6.09. The summed E-state index contributed by atoms with van der Waals surface area (Å²) in [5, 5.41) is 11.0. The summed E-state index contributed by atoms with van der Waals surface area (Å²) in [6.07, 6.45) is 1.01. The molecule has 104 valence electrons. The second-order valence-electron chi connectivity index (χ2n) is 4.51. The SMILES string of the molecule is Cc1ccc(CCc2nc(N)nc(N)c2[N+](=O)[O-])cc1. The predicted octanol–water partition coefficient (Wildman–Crippen LogP) is 1.64. The van der Waals surface area contributed by atoms with E-state index in [1.54, 1.807) is 0 Å². The summed E-state index contributed by atoms with van der Waals surface area (Å²) >= 11 is 0. The van der Waals surface area contributed by atoms with Crippen molar-refractivity contribution in [3.63, 3.8) is 0 Å². The van der Waals surface area contributed by atoms with Gasteiger partial charge in [0.1, 0.15) is 5.69 Å². The zero-order valence-corrected chi connectivity index (χ0v) is 11.0. The van der Waals surface area contributed by atoms with Gasteiger partial charge in [0.05, 0.1) is 4.92 Å². The standard InChI is InChI=1S/C13H15N5O2/c1-8-2-4-9(5-3-8)6-7-10-11(18(19)20)12(14)17-13(15)16-10/h2-5H,6-7H2,1H3,(H4,14,15,16,17). The number of hydrogen-bond acceptors (Lipinski definition) is 6. The van der Waals surface area contributed by atoms with E-state index in [2.05, 4.69) is 9.97 Å². The summed E-state index contributed by atoms with van der Waals surface area (Å²) < 4.78 is 0. The predicted molar refractivity (Wildman–Crippen MR) is 76.1 cm³/mol. The first-order valence-electron chi connectivity index (χ1n) is 6.09. The smallest absolute Gasteiger partial charge is 0.332 e. The largest absolute Gasteiger partial charge is 0.378 e. The second kappa shape index (κ2) is 5.52. The van der Waals surface area contributed by atoms with Gasteiger partial charge in [0, 0.05) is 6.42 Å². The molecular formula is C13H15N5O2. The van der Waals surface area contributed by atoms with Gasteiger partial charge in [-0.1, -0.05) is 29.8 Å². The Labute approximate surface area is 115 Å². The highest BCUT2D eigenvalue weighted by molar-refractivity contribution is 5.57. The van der Waals surface area contributed by atoms with Gasteiger partial charge in [-0.05, 0) is 18.9 Å². The number of aryl methyl sites for hydroxylation is 3. The van der Waals surface area contributed by atoms with Gasteiger partial charge in [-0.15, -0.1) is 0 Å². The molecule has 0 saturated carbocycles. The van der Waals surface area contributed by atoms with Crippen molar-refractivity contribution in [1.82, 2.24) is 9.97 Å². The highest BCUT2D eigenvalue weighted by Gasteiger charge is 2.21. The third-order valence-electron chi connectivity index (χ3n) is 2.95. The van der Waals surface area contributed by atoms with E-state index >= 15 is 0 Å². The Morgan fingerprint density at radius 2 is 1.80 bits per heavy atom. The highest BCUT2D eigenvalue weighted by Crippen LogP contribution is 2.25. The van der Waals surface area contributed by atoms with Gasteiger partial charge >= 0.3 is 5.69 Å². The zero-order valence-electron chi connectivity index (χ0n) is 11.0. The third-order valence-corrected chi connectivity index (χ3v) is 2.95. The average molecular weight is 273 g/mol.